The van der Waals surface area contributed by atoms with Crippen molar-refractivity contribution in [2.24, 2.45) is 0 Å². The van der Waals surface area contributed by atoms with E-state index in [1.54, 1.807) is 12.1 Å². The molecule has 20 heavy (non-hydrogen) atoms. The molecule has 0 amide bonds. The summed E-state index contributed by atoms with van der Waals surface area (Å²) in [6.45, 7) is 4.70. The van der Waals surface area contributed by atoms with E-state index in [9.17, 15) is 9.59 Å². The van der Waals surface area contributed by atoms with Crippen LogP contribution in [0.5, 0.6) is 5.75 Å². The predicted octanol–water partition coefficient (Wildman–Crippen LogP) is 3.48. The summed E-state index contributed by atoms with van der Waals surface area (Å²) in [5, 5.41) is 8.59. The molecule has 0 bridgehead atoms. The molecule has 1 rings (SSSR count). The number of ketones is 1. The average Bonchev–Trinajstić information content (AvgIpc) is 2.44. The summed E-state index contributed by atoms with van der Waals surface area (Å²) in [5.41, 5.74) is 1.64. The van der Waals surface area contributed by atoms with Crippen molar-refractivity contribution in [3.63, 3.8) is 0 Å². The summed E-state index contributed by atoms with van der Waals surface area (Å²) in [5.74, 6) is -0.0762. The lowest BCUT2D eigenvalue weighted by Crippen LogP contribution is -2.06. The van der Waals surface area contributed by atoms with Gasteiger partial charge >= 0.3 is 5.97 Å². The molecule has 0 radical (unpaired) electrons. The molecule has 0 spiro atoms. The van der Waals surface area contributed by atoms with Crippen molar-refractivity contribution in [1.29, 1.82) is 0 Å². The van der Waals surface area contributed by atoms with Gasteiger partial charge in [0.05, 0.1) is 6.61 Å². The van der Waals surface area contributed by atoms with Gasteiger partial charge in [-0.2, -0.15) is 0 Å². The molecule has 0 saturated carbocycles. The van der Waals surface area contributed by atoms with Gasteiger partial charge in [0.15, 0.2) is 5.78 Å². The van der Waals surface area contributed by atoms with Crippen molar-refractivity contribution in [3.05, 3.63) is 29.3 Å². The Balaban J connectivity index is 2.73. The maximum absolute atomic E-state index is 12.1. The Hall–Kier alpha value is -1.84. The second-order valence-corrected chi connectivity index (χ2v) is 4.69. The molecule has 0 atom stereocenters. The van der Waals surface area contributed by atoms with E-state index in [0.717, 1.165) is 24.2 Å². The number of carbonyl (C=O) groups excluding carboxylic acids is 1. The Kier molecular flexibility index (Phi) is 6.77. The highest BCUT2D eigenvalue weighted by Crippen LogP contribution is 2.21. The number of carbonyl (C=O) groups is 2. The minimum absolute atomic E-state index is 0.00476. The first kappa shape index (κ1) is 16.2. The highest BCUT2D eigenvalue weighted by atomic mass is 16.5. The Morgan fingerprint density at radius 3 is 2.55 bits per heavy atom. The molecule has 4 nitrogen and oxygen atoms in total. The molecule has 0 unspecified atom stereocenters. The minimum Gasteiger partial charge on any atom is -0.494 e. The number of benzene rings is 1. The van der Waals surface area contributed by atoms with Crippen LogP contribution in [-0.4, -0.2) is 23.5 Å². The van der Waals surface area contributed by atoms with Crippen molar-refractivity contribution < 1.29 is 19.4 Å². The van der Waals surface area contributed by atoms with Crippen LogP contribution in [0.2, 0.25) is 0 Å². The Morgan fingerprint density at radius 2 is 1.95 bits per heavy atom. The zero-order chi connectivity index (χ0) is 15.0. The van der Waals surface area contributed by atoms with Crippen molar-refractivity contribution in [2.45, 2.75) is 46.0 Å². The first-order valence-corrected chi connectivity index (χ1v) is 7.09. The maximum Gasteiger partial charge on any atom is 0.303 e. The van der Waals surface area contributed by atoms with Crippen LogP contribution in [-0.2, 0) is 11.2 Å². The number of hydrogen-bond donors (Lipinski definition) is 1. The van der Waals surface area contributed by atoms with Gasteiger partial charge in [0, 0.05) is 18.4 Å². The van der Waals surface area contributed by atoms with Crippen molar-refractivity contribution in [1.82, 2.24) is 0 Å². The van der Waals surface area contributed by atoms with E-state index in [0.29, 0.717) is 18.6 Å². The molecule has 0 fully saturated rings. The van der Waals surface area contributed by atoms with E-state index in [2.05, 4.69) is 0 Å². The first-order valence-electron chi connectivity index (χ1n) is 7.09. The van der Waals surface area contributed by atoms with E-state index in [1.807, 2.05) is 19.9 Å². The lowest BCUT2D eigenvalue weighted by Gasteiger charge is -2.10. The molecular weight excluding hydrogens is 256 g/mol. The fourth-order valence-electron chi connectivity index (χ4n) is 1.98. The molecule has 1 aromatic carbocycles. The number of hydrogen-bond acceptors (Lipinski definition) is 3. The van der Waals surface area contributed by atoms with Crippen molar-refractivity contribution >= 4 is 11.8 Å². The number of Topliss-reactive ketones (excluding diaryl/α,β-unsaturated/α-hetero) is 1. The molecule has 1 N–H and O–H groups in total. The fraction of sp³-hybridized carbons (Fsp3) is 0.500. The number of carboxylic acids is 1. The molecule has 0 aliphatic rings. The van der Waals surface area contributed by atoms with Crippen LogP contribution in [0.1, 0.15) is 55.5 Å². The van der Waals surface area contributed by atoms with E-state index in [1.165, 1.54) is 0 Å². The zero-order valence-electron chi connectivity index (χ0n) is 12.1. The standard InChI is InChI=1S/C16H22O4/c1-3-10-20-13-8-9-14(12(4-2)11-13)15(17)6-5-7-16(18)19/h8-9,11H,3-7,10H2,1-2H3,(H,18,19). The van der Waals surface area contributed by atoms with Gasteiger partial charge in [-0.05, 0) is 43.0 Å². The van der Waals surface area contributed by atoms with E-state index in [4.69, 9.17) is 9.84 Å². The Morgan fingerprint density at radius 1 is 1.20 bits per heavy atom. The lowest BCUT2D eigenvalue weighted by molar-refractivity contribution is -0.137. The summed E-state index contributed by atoms with van der Waals surface area (Å²) in [7, 11) is 0. The number of aliphatic carboxylic acids is 1. The minimum atomic E-state index is -0.864. The molecule has 0 aliphatic heterocycles. The lowest BCUT2D eigenvalue weighted by atomic mass is 9.98. The molecule has 1 aromatic rings. The molecule has 0 aromatic heterocycles. The van der Waals surface area contributed by atoms with Gasteiger partial charge in [0.1, 0.15) is 5.75 Å². The topological polar surface area (TPSA) is 63.6 Å². The summed E-state index contributed by atoms with van der Waals surface area (Å²) in [6, 6.07) is 5.49. The SMILES string of the molecule is CCCOc1ccc(C(=O)CCCC(=O)O)c(CC)c1. The molecular formula is C16H22O4. The number of aryl methyl sites for hydroxylation is 1. The highest BCUT2D eigenvalue weighted by Gasteiger charge is 2.12. The Bertz CT molecular complexity index is 466. The van der Waals surface area contributed by atoms with Crippen LogP contribution in [0.15, 0.2) is 18.2 Å². The van der Waals surface area contributed by atoms with Gasteiger partial charge in [-0.25, -0.2) is 0 Å². The van der Waals surface area contributed by atoms with E-state index in [-0.39, 0.29) is 18.6 Å². The van der Waals surface area contributed by atoms with Crippen LogP contribution in [0.3, 0.4) is 0 Å². The quantitative estimate of drug-likeness (QED) is 0.702. The number of ether oxygens (including phenoxy) is 1. The summed E-state index contributed by atoms with van der Waals surface area (Å²) in [6.07, 6.45) is 2.38. The third-order valence-corrected chi connectivity index (χ3v) is 3.03. The number of carboxylic acid groups (broad SMARTS) is 1. The summed E-state index contributed by atoms with van der Waals surface area (Å²) < 4.78 is 5.56. The molecule has 0 aliphatic carbocycles. The van der Waals surface area contributed by atoms with Gasteiger partial charge < -0.3 is 9.84 Å². The van der Waals surface area contributed by atoms with Crippen LogP contribution < -0.4 is 4.74 Å². The Labute approximate surface area is 119 Å². The third-order valence-electron chi connectivity index (χ3n) is 3.03. The van der Waals surface area contributed by atoms with Gasteiger partial charge in [0.25, 0.3) is 0 Å². The summed E-state index contributed by atoms with van der Waals surface area (Å²) >= 11 is 0. The molecule has 110 valence electrons. The third kappa shape index (κ3) is 5.03. The van der Waals surface area contributed by atoms with Crippen LogP contribution in [0.25, 0.3) is 0 Å². The van der Waals surface area contributed by atoms with E-state index < -0.39 is 5.97 Å². The summed E-state index contributed by atoms with van der Waals surface area (Å²) in [4.78, 5) is 22.6. The first-order chi connectivity index (χ1) is 9.58. The predicted molar refractivity (Wildman–Crippen MR) is 77.4 cm³/mol. The maximum atomic E-state index is 12.1. The second kappa shape index (κ2) is 8.35. The normalized spacial score (nSPS) is 10.3. The smallest absolute Gasteiger partial charge is 0.303 e. The largest absolute Gasteiger partial charge is 0.494 e. The molecule has 4 heteroatoms. The highest BCUT2D eigenvalue weighted by molar-refractivity contribution is 5.97. The van der Waals surface area contributed by atoms with Gasteiger partial charge in [0.2, 0.25) is 0 Å². The monoisotopic (exact) mass is 278 g/mol. The van der Waals surface area contributed by atoms with Crippen molar-refractivity contribution in [2.75, 3.05) is 6.61 Å². The molecule has 0 saturated heterocycles. The van der Waals surface area contributed by atoms with E-state index >= 15 is 0 Å². The molecule has 0 heterocycles. The van der Waals surface area contributed by atoms with Gasteiger partial charge in [-0.15, -0.1) is 0 Å². The van der Waals surface area contributed by atoms with Gasteiger partial charge in [-0.1, -0.05) is 13.8 Å². The number of rotatable bonds is 9. The fourth-order valence-corrected chi connectivity index (χ4v) is 1.98. The average molecular weight is 278 g/mol. The second-order valence-electron chi connectivity index (χ2n) is 4.69. The van der Waals surface area contributed by atoms with Gasteiger partial charge in [-0.3, -0.25) is 9.59 Å². The van der Waals surface area contributed by atoms with Crippen molar-refractivity contribution in [3.8, 4) is 5.75 Å². The van der Waals surface area contributed by atoms with Crippen LogP contribution in [0, 0.1) is 0 Å². The van der Waals surface area contributed by atoms with Crippen LogP contribution >= 0.6 is 0 Å². The zero-order valence-corrected chi connectivity index (χ0v) is 12.1. The van der Waals surface area contributed by atoms with Crippen LogP contribution in [0.4, 0.5) is 0 Å².